The van der Waals surface area contributed by atoms with Crippen LogP contribution in [0.4, 0.5) is 0 Å². The maximum Gasteiger partial charge on any atom is 0.255 e. The summed E-state index contributed by atoms with van der Waals surface area (Å²) in [7, 11) is 0. The first-order valence-corrected chi connectivity index (χ1v) is 5.75. The molecule has 3 heteroatoms. The lowest BCUT2D eigenvalue weighted by Gasteiger charge is -2.13. The van der Waals surface area contributed by atoms with Crippen LogP contribution in [0.2, 0.25) is 0 Å². The standard InChI is InChI=1S/C13H19NO2/c1-3-10(4-2)9-14-13(16)11-7-5-6-8-12(11)15/h5-8,10,15H,3-4,9H2,1-2H3,(H,14,16). The van der Waals surface area contributed by atoms with Crippen molar-refractivity contribution in [1.29, 1.82) is 0 Å². The van der Waals surface area contributed by atoms with Crippen molar-refractivity contribution in [2.45, 2.75) is 26.7 Å². The number of rotatable bonds is 5. The van der Waals surface area contributed by atoms with E-state index in [1.165, 1.54) is 6.07 Å². The highest BCUT2D eigenvalue weighted by atomic mass is 16.3. The Morgan fingerprint density at radius 2 is 1.94 bits per heavy atom. The van der Waals surface area contributed by atoms with Crippen LogP contribution in [-0.2, 0) is 0 Å². The van der Waals surface area contributed by atoms with Gasteiger partial charge in [0.05, 0.1) is 5.56 Å². The molecule has 0 aliphatic rings. The van der Waals surface area contributed by atoms with E-state index < -0.39 is 0 Å². The molecule has 3 nitrogen and oxygen atoms in total. The number of carbonyl (C=O) groups is 1. The van der Waals surface area contributed by atoms with Crippen molar-refractivity contribution >= 4 is 5.91 Å². The Morgan fingerprint density at radius 3 is 2.50 bits per heavy atom. The first-order chi connectivity index (χ1) is 7.69. The van der Waals surface area contributed by atoms with Gasteiger partial charge in [0.25, 0.3) is 5.91 Å². The van der Waals surface area contributed by atoms with Crippen LogP contribution in [0.3, 0.4) is 0 Å². The first kappa shape index (κ1) is 12.6. The number of phenols is 1. The van der Waals surface area contributed by atoms with Gasteiger partial charge in [0.15, 0.2) is 0 Å². The van der Waals surface area contributed by atoms with Crippen molar-refractivity contribution in [3.63, 3.8) is 0 Å². The van der Waals surface area contributed by atoms with E-state index in [1.807, 2.05) is 0 Å². The Hall–Kier alpha value is -1.51. The highest BCUT2D eigenvalue weighted by molar-refractivity contribution is 5.96. The third kappa shape index (κ3) is 3.26. The van der Waals surface area contributed by atoms with Crippen molar-refractivity contribution in [3.05, 3.63) is 29.8 Å². The molecule has 0 spiro atoms. The van der Waals surface area contributed by atoms with Gasteiger partial charge < -0.3 is 10.4 Å². The highest BCUT2D eigenvalue weighted by Crippen LogP contribution is 2.15. The van der Waals surface area contributed by atoms with Crippen LogP contribution in [-0.4, -0.2) is 17.6 Å². The van der Waals surface area contributed by atoms with Gasteiger partial charge in [-0.3, -0.25) is 4.79 Å². The van der Waals surface area contributed by atoms with Crippen LogP contribution in [0.15, 0.2) is 24.3 Å². The van der Waals surface area contributed by atoms with Gasteiger partial charge >= 0.3 is 0 Å². The minimum absolute atomic E-state index is 0.0320. The van der Waals surface area contributed by atoms with Crippen LogP contribution in [0.5, 0.6) is 5.75 Å². The van der Waals surface area contributed by atoms with Gasteiger partial charge in [-0.1, -0.05) is 38.8 Å². The molecular weight excluding hydrogens is 202 g/mol. The predicted molar refractivity (Wildman–Crippen MR) is 64.5 cm³/mol. The summed E-state index contributed by atoms with van der Waals surface area (Å²) in [5.41, 5.74) is 0.341. The molecule has 0 saturated heterocycles. The summed E-state index contributed by atoms with van der Waals surface area (Å²) in [6, 6.07) is 6.59. The molecule has 0 aromatic heterocycles. The highest BCUT2D eigenvalue weighted by Gasteiger charge is 2.11. The second-order valence-electron chi connectivity index (χ2n) is 3.91. The molecule has 0 bridgehead atoms. The van der Waals surface area contributed by atoms with E-state index in [4.69, 9.17) is 0 Å². The molecule has 0 aliphatic carbocycles. The summed E-state index contributed by atoms with van der Waals surface area (Å²) in [5.74, 6) is 0.337. The number of carbonyl (C=O) groups excluding carboxylic acids is 1. The summed E-state index contributed by atoms with van der Waals surface area (Å²) < 4.78 is 0. The van der Waals surface area contributed by atoms with Gasteiger partial charge in [0, 0.05) is 6.54 Å². The molecule has 0 aliphatic heterocycles. The number of benzene rings is 1. The second kappa shape index (κ2) is 6.16. The minimum atomic E-state index is -0.204. The summed E-state index contributed by atoms with van der Waals surface area (Å²) in [4.78, 5) is 11.7. The van der Waals surface area contributed by atoms with Crippen LogP contribution in [0, 0.1) is 5.92 Å². The van der Waals surface area contributed by atoms with Crippen LogP contribution < -0.4 is 5.32 Å². The summed E-state index contributed by atoms with van der Waals surface area (Å²) >= 11 is 0. The predicted octanol–water partition coefficient (Wildman–Crippen LogP) is 2.56. The van der Waals surface area contributed by atoms with E-state index in [2.05, 4.69) is 19.2 Å². The lowest BCUT2D eigenvalue weighted by Crippen LogP contribution is -2.28. The first-order valence-electron chi connectivity index (χ1n) is 5.75. The Labute approximate surface area is 96.5 Å². The average Bonchev–Trinajstić information content (AvgIpc) is 2.30. The van der Waals surface area contributed by atoms with Crippen LogP contribution in [0.1, 0.15) is 37.0 Å². The fourth-order valence-electron chi connectivity index (χ4n) is 1.58. The molecule has 0 unspecified atom stereocenters. The zero-order valence-electron chi connectivity index (χ0n) is 9.86. The Bertz CT molecular complexity index is 346. The van der Waals surface area contributed by atoms with Gasteiger partial charge in [-0.15, -0.1) is 0 Å². The van der Waals surface area contributed by atoms with Gasteiger partial charge in [-0.2, -0.15) is 0 Å². The smallest absolute Gasteiger partial charge is 0.255 e. The Kier molecular flexibility index (Phi) is 4.83. The fourth-order valence-corrected chi connectivity index (χ4v) is 1.58. The molecule has 0 atom stereocenters. The molecule has 1 aromatic rings. The van der Waals surface area contributed by atoms with E-state index in [1.54, 1.807) is 18.2 Å². The molecule has 88 valence electrons. The molecule has 1 aromatic carbocycles. The second-order valence-corrected chi connectivity index (χ2v) is 3.91. The van der Waals surface area contributed by atoms with Crippen molar-refractivity contribution in [2.75, 3.05) is 6.54 Å². The molecule has 0 heterocycles. The third-order valence-electron chi connectivity index (χ3n) is 2.85. The maximum atomic E-state index is 11.7. The van der Waals surface area contributed by atoms with Crippen LogP contribution in [0.25, 0.3) is 0 Å². The Morgan fingerprint density at radius 1 is 1.31 bits per heavy atom. The van der Waals surface area contributed by atoms with E-state index in [9.17, 15) is 9.90 Å². The van der Waals surface area contributed by atoms with Gasteiger partial charge in [-0.25, -0.2) is 0 Å². The largest absolute Gasteiger partial charge is 0.507 e. The number of amides is 1. The SMILES string of the molecule is CCC(CC)CNC(=O)c1ccccc1O. The molecular formula is C13H19NO2. The summed E-state index contributed by atoms with van der Waals surface area (Å²) in [6.45, 7) is 4.89. The quantitative estimate of drug-likeness (QED) is 0.802. The van der Waals surface area contributed by atoms with Crippen LogP contribution >= 0.6 is 0 Å². The average molecular weight is 221 g/mol. The van der Waals surface area contributed by atoms with Gasteiger partial charge in [0.2, 0.25) is 0 Å². The molecule has 1 rings (SSSR count). The molecule has 0 fully saturated rings. The number of para-hydroxylation sites is 1. The van der Waals surface area contributed by atoms with Crippen molar-refractivity contribution in [1.82, 2.24) is 5.32 Å². The van der Waals surface area contributed by atoms with Gasteiger partial charge in [-0.05, 0) is 18.1 Å². The topological polar surface area (TPSA) is 49.3 Å². The van der Waals surface area contributed by atoms with Crippen molar-refractivity contribution < 1.29 is 9.90 Å². The fraction of sp³-hybridized carbons (Fsp3) is 0.462. The summed E-state index contributed by atoms with van der Waals surface area (Å²) in [5, 5.41) is 12.3. The normalized spacial score (nSPS) is 10.4. The maximum absolute atomic E-state index is 11.7. The van der Waals surface area contributed by atoms with E-state index in [0.717, 1.165) is 12.8 Å². The zero-order valence-corrected chi connectivity index (χ0v) is 9.86. The molecule has 0 saturated carbocycles. The zero-order chi connectivity index (χ0) is 12.0. The monoisotopic (exact) mass is 221 g/mol. The van der Waals surface area contributed by atoms with E-state index in [0.29, 0.717) is 18.0 Å². The number of hydrogen-bond donors (Lipinski definition) is 2. The number of phenolic OH excluding ortho intramolecular Hbond substituents is 1. The molecule has 16 heavy (non-hydrogen) atoms. The van der Waals surface area contributed by atoms with Crippen molar-refractivity contribution in [3.8, 4) is 5.75 Å². The number of aromatic hydroxyl groups is 1. The number of nitrogens with one attached hydrogen (secondary N) is 1. The van der Waals surface area contributed by atoms with Gasteiger partial charge in [0.1, 0.15) is 5.75 Å². The van der Waals surface area contributed by atoms with E-state index in [-0.39, 0.29) is 11.7 Å². The molecule has 0 radical (unpaired) electrons. The Balaban J connectivity index is 2.56. The molecule has 1 amide bonds. The third-order valence-corrected chi connectivity index (χ3v) is 2.85. The summed E-state index contributed by atoms with van der Waals surface area (Å²) in [6.07, 6.45) is 2.11. The van der Waals surface area contributed by atoms with E-state index >= 15 is 0 Å². The lowest BCUT2D eigenvalue weighted by molar-refractivity contribution is 0.0944. The molecule has 2 N–H and O–H groups in total. The van der Waals surface area contributed by atoms with Crippen molar-refractivity contribution in [2.24, 2.45) is 5.92 Å². The number of hydrogen-bond acceptors (Lipinski definition) is 2. The minimum Gasteiger partial charge on any atom is -0.507 e. The lowest BCUT2D eigenvalue weighted by atomic mass is 10.0.